The molecule has 0 aliphatic carbocycles. The van der Waals surface area contributed by atoms with Crippen molar-refractivity contribution in [2.24, 2.45) is 0 Å². The molecule has 0 aliphatic rings. The molecule has 0 spiro atoms. The zero-order valence-electron chi connectivity index (χ0n) is 12.5. The summed E-state index contributed by atoms with van der Waals surface area (Å²) in [5.74, 6) is 1.39. The molecule has 1 heterocycles. The van der Waals surface area contributed by atoms with Crippen LogP contribution in [0.4, 0.5) is 17.2 Å². The second-order valence-corrected chi connectivity index (χ2v) is 4.89. The van der Waals surface area contributed by atoms with E-state index in [0.717, 1.165) is 5.69 Å². The second kappa shape index (κ2) is 6.23. The number of nitrogen functional groups attached to an aromatic ring is 1. The Hall–Kier alpha value is -3.28. The van der Waals surface area contributed by atoms with Gasteiger partial charge < -0.3 is 20.9 Å². The van der Waals surface area contributed by atoms with Crippen LogP contribution in [0.25, 0.3) is 11.3 Å². The lowest BCUT2D eigenvalue weighted by Crippen LogP contribution is -1.98. The topological polar surface area (TPSA) is 93.3 Å². The lowest BCUT2D eigenvalue weighted by molar-refractivity contribution is 0.417. The van der Waals surface area contributed by atoms with Gasteiger partial charge >= 0.3 is 0 Å². The maximum absolute atomic E-state index is 9.93. The number of aromatic nitrogens is 2. The summed E-state index contributed by atoms with van der Waals surface area (Å²) in [4.78, 5) is 8.39. The fraction of sp³-hybridized carbons (Fsp3) is 0.0588. The summed E-state index contributed by atoms with van der Waals surface area (Å²) < 4.78 is 5.13. The van der Waals surface area contributed by atoms with E-state index in [-0.39, 0.29) is 5.75 Å². The summed E-state index contributed by atoms with van der Waals surface area (Å²) in [7, 11) is 1.57. The molecule has 0 radical (unpaired) electrons. The van der Waals surface area contributed by atoms with Gasteiger partial charge in [-0.2, -0.15) is 0 Å². The second-order valence-electron chi connectivity index (χ2n) is 4.89. The summed E-state index contributed by atoms with van der Waals surface area (Å²) in [5.41, 5.74) is 8.49. The molecule has 6 heteroatoms. The van der Waals surface area contributed by atoms with Crippen molar-refractivity contribution in [2.45, 2.75) is 0 Å². The third kappa shape index (κ3) is 3.16. The van der Waals surface area contributed by atoms with E-state index in [9.17, 15) is 5.11 Å². The number of nitrogens with zero attached hydrogens (tertiary/aromatic N) is 2. The number of phenols is 1. The number of methoxy groups -OCH3 is 1. The molecule has 0 aliphatic heterocycles. The summed E-state index contributed by atoms with van der Waals surface area (Å²) >= 11 is 0. The maximum atomic E-state index is 9.93. The first-order valence-electron chi connectivity index (χ1n) is 6.98. The largest absolute Gasteiger partial charge is 0.507 e. The highest BCUT2D eigenvalue weighted by molar-refractivity contribution is 5.71. The first kappa shape index (κ1) is 14.6. The van der Waals surface area contributed by atoms with Crippen molar-refractivity contribution in [3.63, 3.8) is 0 Å². The Morgan fingerprint density at radius 1 is 1.09 bits per heavy atom. The van der Waals surface area contributed by atoms with Crippen molar-refractivity contribution in [3.8, 4) is 22.8 Å². The van der Waals surface area contributed by atoms with Gasteiger partial charge in [0.1, 0.15) is 23.6 Å². The third-order valence-corrected chi connectivity index (χ3v) is 3.35. The van der Waals surface area contributed by atoms with Crippen molar-refractivity contribution in [1.82, 2.24) is 9.97 Å². The van der Waals surface area contributed by atoms with E-state index in [1.165, 1.54) is 6.33 Å². The van der Waals surface area contributed by atoms with Gasteiger partial charge in [-0.15, -0.1) is 0 Å². The Morgan fingerprint density at radius 3 is 2.65 bits per heavy atom. The molecule has 0 amide bonds. The number of phenolic OH excluding ortho intramolecular Hbond substituents is 1. The van der Waals surface area contributed by atoms with E-state index in [2.05, 4.69) is 15.3 Å². The van der Waals surface area contributed by atoms with Crippen LogP contribution >= 0.6 is 0 Å². The number of hydrogen-bond acceptors (Lipinski definition) is 6. The van der Waals surface area contributed by atoms with Crippen LogP contribution in [0.2, 0.25) is 0 Å². The van der Waals surface area contributed by atoms with Crippen LogP contribution in [0, 0.1) is 0 Å². The van der Waals surface area contributed by atoms with Crippen LogP contribution in [-0.2, 0) is 0 Å². The molecule has 1 aromatic heterocycles. The van der Waals surface area contributed by atoms with Gasteiger partial charge in [0.05, 0.1) is 18.5 Å². The van der Waals surface area contributed by atoms with E-state index < -0.39 is 0 Å². The van der Waals surface area contributed by atoms with Crippen molar-refractivity contribution < 1.29 is 9.84 Å². The molecule has 23 heavy (non-hydrogen) atoms. The van der Waals surface area contributed by atoms with Crippen LogP contribution in [0.1, 0.15) is 0 Å². The Labute approximate surface area is 133 Å². The average molecular weight is 308 g/mol. The highest BCUT2D eigenvalue weighted by atomic mass is 16.5. The van der Waals surface area contributed by atoms with Crippen molar-refractivity contribution in [2.75, 3.05) is 18.2 Å². The minimum atomic E-state index is 0.172. The molecule has 0 unspecified atom stereocenters. The van der Waals surface area contributed by atoms with Gasteiger partial charge in [0.15, 0.2) is 0 Å². The van der Waals surface area contributed by atoms with Crippen LogP contribution in [0.15, 0.2) is 54.9 Å². The van der Waals surface area contributed by atoms with E-state index >= 15 is 0 Å². The van der Waals surface area contributed by atoms with Crippen molar-refractivity contribution in [1.29, 1.82) is 0 Å². The van der Waals surface area contributed by atoms with Crippen LogP contribution in [0.5, 0.6) is 11.5 Å². The molecule has 0 saturated heterocycles. The number of benzene rings is 2. The molecule has 3 rings (SSSR count). The molecular weight excluding hydrogens is 292 g/mol. The van der Waals surface area contributed by atoms with Crippen molar-refractivity contribution >= 4 is 17.2 Å². The molecule has 2 aromatic carbocycles. The van der Waals surface area contributed by atoms with E-state index in [0.29, 0.717) is 28.5 Å². The Balaban J connectivity index is 1.89. The van der Waals surface area contributed by atoms with Gasteiger partial charge in [0.2, 0.25) is 0 Å². The Kier molecular flexibility index (Phi) is 3.97. The van der Waals surface area contributed by atoms with Gasteiger partial charge in [0, 0.05) is 17.3 Å². The monoisotopic (exact) mass is 308 g/mol. The lowest BCUT2D eigenvalue weighted by Gasteiger charge is -2.10. The summed E-state index contributed by atoms with van der Waals surface area (Å²) in [5, 5.41) is 13.1. The summed E-state index contributed by atoms with van der Waals surface area (Å²) in [6.07, 6.45) is 1.44. The molecule has 116 valence electrons. The third-order valence-electron chi connectivity index (χ3n) is 3.35. The number of aromatic hydroxyl groups is 1. The number of anilines is 3. The van der Waals surface area contributed by atoms with Gasteiger partial charge in [-0.3, -0.25) is 0 Å². The van der Waals surface area contributed by atoms with Gasteiger partial charge in [-0.05, 0) is 30.3 Å². The zero-order valence-corrected chi connectivity index (χ0v) is 12.5. The number of nitrogens with one attached hydrogen (secondary N) is 1. The number of ether oxygens (including phenoxy) is 1. The van der Waals surface area contributed by atoms with Crippen LogP contribution in [-0.4, -0.2) is 22.2 Å². The predicted octanol–water partition coefficient (Wildman–Crippen LogP) is 3.18. The number of hydrogen-bond donors (Lipinski definition) is 3. The maximum Gasteiger partial charge on any atom is 0.141 e. The van der Waals surface area contributed by atoms with E-state index in [4.69, 9.17) is 10.5 Å². The number of nitrogens with two attached hydrogens (primary N) is 1. The fourth-order valence-electron chi connectivity index (χ4n) is 2.22. The van der Waals surface area contributed by atoms with Crippen LogP contribution in [0.3, 0.4) is 0 Å². The smallest absolute Gasteiger partial charge is 0.141 e. The highest BCUT2D eigenvalue weighted by Crippen LogP contribution is 2.29. The zero-order chi connectivity index (χ0) is 16.2. The standard InChI is InChI=1S/C17H16N4O2/c1-23-16-7-6-11(8-13(16)18)21-17-9-14(19-10-20-17)12-4-2-3-5-15(12)22/h2-10,22H,18H2,1H3,(H,19,20,21). The molecule has 6 nitrogen and oxygen atoms in total. The summed E-state index contributed by atoms with van der Waals surface area (Å²) in [6, 6.07) is 14.2. The minimum absolute atomic E-state index is 0.172. The Morgan fingerprint density at radius 2 is 1.91 bits per heavy atom. The molecular formula is C17H16N4O2. The quantitative estimate of drug-likeness (QED) is 0.641. The average Bonchev–Trinajstić information content (AvgIpc) is 2.56. The minimum Gasteiger partial charge on any atom is -0.507 e. The van der Waals surface area contributed by atoms with Gasteiger partial charge in [0.25, 0.3) is 0 Å². The molecule has 0 saturated carbocycles. The van der Waals surface area contributed by atoms with Gasteiger partial charge in [-0.1, -0.05) is 12.1 Å². The van der Waals surface area contributed by atoms with E-state index in [1.54, 1.807) is 43.5 Å². The highest BCUT2D eigenvalue weighted by Gasteiger charge is 2.07. The van der Waals surface area contributed by atoms with Gasteiger partial charge in [-0.25, -0.2) is 9.97 Å². The molecule has 0 fully saturated rings. The molecule has 4 N–H and O–H groups in total. The first-order chi connectivity index (χ1) is 11.2. The SMILES string of the molecule is COc1ccc(Nc2cc(-c3ccccc3O)ncn2)cc1N. The Bertz CT molecular complexity index is 836. The molecule has 0 bridgehead atoms. The first-order valence-corrected chi connectivity index (χ1v) is 6.98. The normalized spacial score (nSPS) is 10.3. The summed E-state index contributed by atoms with van der Waals surface area (Å²) in [6.45, 7) is 0. The molecule has 0 atom stereocenters. The predicted molar refractivity (Wildman–Crippen MR) is 89.8 cm³/mol. The molecule has 3 aromatic rings. The fourth-order valence-corrected chi connectivity index (χ4v) is 2.22. The number of rotatable bonds is 4. The van der Waals surface area contributed by atoms with Crippen molar-refractivity contribution in [3.05, 3.63) is 54.9 Å². The number of para-hydroxylation sites is 1. The van der Waals surface area contributed by atoms with E-state index in [1.807, 2.05) is 12.1 Å². The van der Waals surface area contributed by atoms with Crippen LogP contribution < -0.4 is 15.8 Å². The lowest BCUT2D eigenvalue weighted by atomic mass is 10.1.